The van der Waals surface area contributed by atoms with Gasteiger partial charge in [-0.3, -0.25) is 0 Å². The number of nitrogens with zero attached hydrogens (tertiary/aromatic N) is 1. The molecule has 0 unspecified atom stereocenters. The number of hydrogen-bond acceptors (Lipinski definition) is 4. The second-order valence-electron chi connectivity index (χ2n) is 5.04. The Morgan fingerprint density at radius 3 is 2.64 bits per heavy atom. The Bertz CT molecular complexity index is 695. The number of carbonyl (C=O) groups is 1. The van der Waals surface area contributed by atoms with Crippen LogP contribution < -0.4 is 0 Å². The molecule has 0 aliphatic rings. The Kier molecular flexibility index (Phi) is 5.48. The summed E-state index contributed by atoms with van der Waals surface area (Å²) in [7, 11) is 0. The topological polar surface area (TPSA) is 52.3 Å². The van der Waals surface area contributed by atoms with E-state index in [-0.39, 0.29) is 5.02 Å². The summed E-state index contributed by atoms with van der Waals surface area (Å²) in [6, 6.07) is 3.27. The van der Waals surface area contributed by atoms with E-state index in [9.17, 15) is 4.79 Å². The van der Waals surface area contributed by atoms with Crippen molar-refractivity contribution in [3.8, 4) is 11.3 Å². The Morgan fingerprint density at radius 2 is 2.05 bits per heavy atom. The average Bonchev–Trinajstić information content (AvgIpc) is 2.89. The minimum atomic E-state index is -0.415. The van der Waals surface area contributed by atoms with E-state index in [1.807, 2.05) is 6.92 Å². The number of hydrogen-bond donors (Lipinski definition) is 0. The van der Waals surface area contributed by atoms with Crippen LogP contribution in [0.4, 0.5) is 0 Å². The summed E-state index contributed by atoms with van der Waals surface area (Å²) in [6.45, 7) is 6.00. The number of aryl methyl sites for hydroxylation is 1. The Hall–Kier alpha value is -1.52. The predicted octanol–water partition coefficient (Wildman–Crippen LogP) is 5.22. The van der Waals surface area contributed by atoms with Gasteiger partial charge in [-0.25, -0.2) is 4.79 Å². The van der Waals surface area contributed by atoms with Crippen molar-refractivity contribution < 1.29 is 14.1 Å². The predicted molar refractivity (Wildman–Crippen MR) is 86.6 cm³/mol. The van der Waals surface area contributed by atoms with Gasteiger partial charge >= 0.3 is 5.97 Å². The van der Waals surface area contributed by atoms with Crippen LogP contribution in [0.1, 0.15) is 41.4 Å². The van der Waals surface area contributed by atoms with Gasteiger partial charge in [-0.15, -0.1) is 0 Å². The van der Waals surface area contributed by atoms with Gasteiger partial charge in [0.1, 0.15) is 0 Å². The molecule has 0 saturated carbocycles. The smallest absolute Gasteiger partial charge is 0.338 e. The molecular weight excluding hydrogens is 325 g/mol. The van der Waals surface area contributed by atoms with Crippen LogP contribution in [0.25, 0.3) is 11.3 Å². The van der Waals surface area contributed by atoms with Crippen LogP contribution in [0.15, 0.2) is 16.7 Å². The summed E-state index contributed by atoms with van der Waals surface area (Å²) < 4.78 is 10.5. The molecule has 0 atom stereocenters. The Balaban J connectivity index is 2.45. The van der Waals surface area contributed by atoms with E-state index in [1.54, 1.807) is 19.9 Å². The van der Waals surface area contributed by atoms with Crippen LogP contribution in [0.5, 0.6) is 0 Å². The number of esters is 1. The standard InChI is InChI=1S/C16H17Cl2NO3/c1-4-5-6-21-16(20)11-8-12(17)15(18)14(10(11)3)13-7-9(2)19-22-13/h7-8H,4-6H2,1-3H3. The molecule has 6 heteroatoms. The molecule has 22 heavy (non-hydrogen) atoms. The molecule has 1 aromatic carbocycles. The lowest BCUT2D eigenvalue weighted by molar-refractivity contribution is 0.0499. The highest BCUT2D eigenvalue weighted by Crippen LogP contribution is 2.38. The van der Waals surface area contributed by atoms with E-state index in [1.165, 1.54) is 6.07 Å². The third-order valence-electron chi connectivity index (χ3n) is 3.30. The molecule has 0 N–H and O–H groups in total. The van der Waals surface area contributed by atoms with Gasteiger partial charge in [-0.05, 0) is 31.9 Å². The fourth-order valence-electron chi connectivity index (χ4n) is 2.09. The van der Waals surface area contributed by atoms with E-state index in [2.05, 4.69) is 5.16 Å². The maximum atomic E-state index is 12.2. The molecule has 1 aromatic heterocycles. The van der Waals surface area contributed by atoms with Crippen molar-refractivity contribution in [1.82, 2.24) is 5.16 Å². The van der Waals surface area contributed by atoms with Gasteiger partial charge < -0.3 is 9.26 Å². The van der Waals surface area contributed by atoms with Crippen molar-refractivity contribution >= 4 is 29.2 Å². The lowest BCUT2D eigenvalue weighted by Gasteiger charge is -2.12. The van der Waals surface area contributed by atoms with Crippen molar-refractivity contribution in [2.75, 3.05) is 6.61 Å². The zero-order valence-electron chi connectivity index (χ0n) is 12.7. The van der Waals surface area contributed by atoms with Gasteiger partial charge in [0.25, 0.3) is 0 Å². The third kappa shape index (κ3) is 3.45. The van der Waals surface area contributed by atoms with Gasteiger partial charge in [0.2, 0.25) is 0 Å². The highest BCUT2D eigenvalue weighted by molar-refractivity contribution is 6.44. The highest BCUT2D eigenvalue weighted by Gasteiger charge is 2.22. The fraction of sp³-hybridized carbons (Fsp3) is 0.375. The van der Waals surface area contributed by atoms with Crippen LogP contribution in [0, 0.1) is 13.8 Å². The first kappa shape index (κ1) is 16.8. The van der Waals surface area contributed by atoms with Crippen molar-refractivity contribution in [2.45, 2.75) is 33.6 Å². The minimum absolute atomic E-state index is 0.277. The van der Waals surface area contributed by atoms with E-state index >= 15 is 0 Å². The van der Waals surface area contributed by atoms with E-state index in [4.69, 9.17) is 32.5 Å². The largest absolute Gasteiger partial charge is 0.462 e. The maximum absolute atomic E-state index is 12.2. The van der Waals surface area contributed by atoms with Gasteiger partial charge in [0, 0.05) is 11.6 Å². The quantitative estimate of drug-likeness (QED) is 0.552. The zero-order valence-corrected chi connectivity index (χ0v) is 14.2. The number of benzene rings is 1. The minimum Gasteiger partial charge on any atom is -0.462 e. The van der Waals surface area contributed by atoms with E-state index < -0.39 is 5.97 Å². The normalized spacial score (nSPS) is 10.8. The van der Waals surface area contributed by atoms with E-state index in [0.29, 0.717) is 34.1 Å². The Morgan fingerprint density at radius 1 is 1.32 bits per heavy atom. The average molecular weight is 342 g/mol. The molecule has 0 aliphatic carbocycles. The molecule has 0 radical (unpaired) electrons. The monoisotopic (exact) mass is 341 g/mol. The molecule has 4 nitrogen and oxygen atoms in total. The number of unbranched alkanes of at least 4 members (excludes halogenated alkanes) is 1. The van der Waals surface area contributed by atoms with Gasteiger partial charge in [0.05, 0.1) is 27.9 Å². The van der Waals surface area contributed by atoms with E-state index in [0.717, 1.165) is 18.5 Å². The van der Waals surface area contributed by atoms with Gasteiger partial charge in [0.15, 0.2) is 5.76 Å². The lowest BCUT2D eigenvalue weighted by atomic mass is 10.00. The first-order valence-electron chi connectivity index (χ1n) is 7.05. The SMILES string of the molecule is CCCCOC(=O)c1cc(Cl)c(Cl)c(-c2cc(C)no2)c1C. The molecule has 0 amide bonds. The molecule has 2 aromatic rings. The lowest BCUT2D eigenvalue weighted by Crippen LogP contribution is -2.09. The Labute approximate surface area is 139 Å². The summed E-state index contributed by atoms with van der Waals surface area (Å²) in [5.41, 5.74) is 2.33. The molecule has 0 spiro atoms. The van der Waals surface area contributed by atoms with Crippen LogP contribution in [-0.4, -0.2) is 17.7 Å². The summed E-state index contributed by atoms with van der Waals surface area (Å²) in [5, 5.41) is 4.46. The molecule has 0 saturated heterocycles. The maximum Gasteiger partial charge on any atom is 0.338 e. The second-order valence-corrected chi connectivity index (χ2v) is 5.83. The number of halogens is 2. The number of rotatable bonds is 5. The van der Waals surface area contributed by atoms with Crippen LogP contribution >= 0.6 is 23.2 Å². The van der Waals surface area contributed by atoms with Gasteiger partial charge in [-0.1, -0.05) is 41.7 Å². The molecule has 0 aliphatic heterocycles. The van der Waals surface area contributed by atoms with Gasteiger partial charge in [-0.2, -0.15) is 0 Å². The highest BCUT2D eigenvalue weighted by atomic mass is 35.5. The summed E-state index contributed by atoms with van der Waals surface area (Å²) >= 11 is 12.4. The second kappa shape index (κ2) is 7.16. The summed E-state index contributed by atoms with van der Waals surface area (Å²) in [4.78, 5) is 12.2. The fourth-order valence-corrected chi connectivity index (χ4v) is 2.58. The van der Waals surface area contributed by atoms with Crippen molar-refractivity contribution in [3.63, 3.8) is 0 Å². The number of ether oxygens (including phenoxy) is 1. The first-order chi connectivity index (χ1) is 10.5. The third-order valence-corrected chi connectivity index (χ3v) is 4.09. The molecule has 0 fully saturated rings. The summed E-state index contributed by atoms with van der Waals surface area (Å²) in [6.07, 6.45) is 1.77. The molecule has 1 heterocycles. The van der Waals surface area contributed by atoms with Crippen molar-refractivity contribution in [1.29, 1.82) is 0 Å². The van der Waals surface area contributed by atoms with Crippen molar-refractivity contribution in [2.24, 2.45) is 0 Å². The van der Waals surface area contributed by atoms with Crippen LogP contribution in [0.2, 0.25) is 10.0 Å². The first-order valence-corrected chi connectivity index (χ1v) is 7.80. The molecule has 118 valence electrons. The number of carbonyl (C=O) groups excluding carboxylic acids is 1. The van der Waals surface area contributed by atoms with Crippen molar-refractivity contribution in [3.05, 3.63) is 39.0 Å². The van der Waals surface area contributed by atoms with Crippen LogP contribution in [0.3, 0.4) is 0 Å². The number of aromatic nitrogens is 1. The molecule has 2 rings (SSSR count). The zero-order chi connectivity index (χ0) is 16.3. The molecule has 0 bridgehead atoms. The molecular formula is C16H17Cl2NO3. The van der Waals surface area contributed by atoms with Crippen LogP contribution in [-0.2, 0) is 4.74 Å². The summed E-state index contributed by atoms with van der Waals surface area (Å²) in [5.74, 6) is 0.0621.